The van der Waals surface area contributed by atoms with Crippen molar-refractivity contribution in [1.82, 2.24) is 0 Å². The Labute approximate surface area is 235 Å². The SMILES string of the molecule is CCC(CC)(c1ccc(OCC(O[Si](C)(C)C(C)(C)C)C(C)(C)C)c(C)c1)c1cc(C)c(S(=O)(=O)Cl)s1. The Morgan fingerprint density at radius 3 is 1.95 bits per heavy atom. The van der Waals surface area contributed by atoms with Gasteiger partial charge in [-0.25, -0.2) is 8.42 Å². The summed E-state index contributed by atoms with van der Waals surface area (Å²) >= 11 is 1.29. The molecule has 210 valence electrons. The highest BCUT2D eigenvalue weighted by molar-refractivity contribution is 8.15. The highest BCUT2D eigenvalue weighted by atomic mass is 35.7. The van der Waals surface area contributed by atoms with E-state index in [1.54, 1.807) is 0 Å². The van der Waals surface area contributed by atoms with Gasteiger partial charge < -0.3 is 9.16 Å². The van der Waals surface area contributed by atoms with E-state index in [4.69, 9.17) is 19.8 Å². The molecule has 2 rings (SSSR count). The first-order chi connectivity index (χ1) is 16.7. The largest absolute Gasteiger partial charge is 0.491 e. The minimum absolute atomic E-state index is 0.0251. The minimum Gasteiger partial charge on any atom is -0.491 e. The molecule has 1 aromatic carbocycles. The number of rotatable bonds is 10. The number of hydrogen-bond acceptors (Lipinski definition) is 5. The highest BCUT2D eigenvalue weighted by Gasteiger charge is 2.42. The van der Waals surface area contributed by atoms with Gasteiger partial charge in [-0.15, -0.1) is 11.3 Å². The van der Waals surface area contributed by atoms with Gasteiger partial charge in [0.15, 0.2) is 8.32 Å². The van der Waals surface area contributed by atoms with Crippen molar-refractivity contribution >= 4 is 39.4 Å². The minimum atomic E-state index is -3.77. The Morgan fingerprint density at radius 2 is 1.54 bits per heavy atom. The second-order valence-electron chi connectivity index (χ2n) is 12.8. The van der Waals surface area contributed by atoms with Gasteiger partial charge in [0.05, 0.1) is 6.10 Å². The topological polar surface area (TPSA) is 52.6 Å². The van der Waals surface area contributed by atoms with Crippen molar-refractivity contribution in [3.63, 3.8) is 0 Å². The first-order valence-electron chi connectivity index (χ1n) is 13.2. The molecule has 0 aliphatic carbocycles. The van der Waals surface area contributed by atoms with Crippen molar-refractivity contribution < 1.29 is 17.6 Å². The second-order valence-corrected chi connectivity index (χ2v) is 21.4. The average Bonchev–Trinajstić information content (AvgIpc) is 3.14. The van der Waals surface area contributed by atoms with Gasteiger partial charge >= 0.3 is 0 Å². The van der Waals surface area contributed by atoms with E-state index in [0.717, 1.165) is 34.6 Å². The van der Waals surface area contributed by atoms with E-state index >= 15 is 0 Å². The molecule has 2 aromatic rings. The summed E-state index contributed by atoms with van der Waals surface area (Å²) in [4.78, 5) is 1.03. The Balaban J connectivity index is 2.39. The summed E-state index contributed by atoms with van der Waals surface area (Å²) in [7, 11) is -0.0118. The fraction of sp³-hybridized carbons (Fsp3) is 0.655. The van der Waals surface area contributed by atoms with E-state index in [9.17, 15) is 8.42 Å². The molecule has 0 amide bonds. The molecule has 1 unspecified atom stereocenters. The molecule has 4 nitrogen and oxygen atoms in total. The number of ether oxygens (including phenoxy) is 1. The van der Waals surface area contributed by atoms with Crippen LogP contribution in [0.2, 0.25) is 18.1 Å². The molecule has 1 atom stereocenters. The molecule has 0 fully saturated rings. The Morgan fingerprint density at radius 1 is 0.973 bits per heavy atom. The number of halogens is 1. The van der Waals surface area contributed by atoms with Gasteiger partial charge in [-0.05, 0) is 79.1 Å². The maximum atomic E-state index is 12.1. The van der Waals surface area contributed by atoms with Gasteiger partial charge in [0.1, 0.15) is 16.6 Å². The highest BCUT2D eigenvalue weighted by Crippen LogP contribution is 2.46. The molecule has 0 spiro atoms. The third-order valence-electron chi connectivity index (χ3n) is 8.10. The molecule has 0 bridgehead atoms. The Hall–Kier alpha value is -0.863. The van der Waals surface area contributed by atoms with Crippen molar-refractivity contribution in [3.05, 3.63) is 45.8 Å². The number of hydrogen-bond donors (Lipinski definition) is 0. The fourth-order valence-corrected chi connectivity index (χ4v) is 8.86. The van der Waals surface area contributed by atoms with E-state index in [1.807, 2.05) is 13.0 Å². The van der Waals surface area contributed by atoms with Crippen molar-refractivity contribution in [1.29, 1.82) is 0 Å². The molecule has 8 heteroatoms. The van der Waals surface area contributed by atoms with E-state index in [1.165, 1.54) is 11.3 Å². The summed E-state index contributed by atoms with van der Waals surface area (Å²) in [6.07, 6.45) is 1.66. The van der Waals surface area contributed by atoms with E-state index < -0.39 is 17.4 Å². The molecular weight excluding hydrogens is 540 g/mol. The maximum Gasteiger partial charge on any atom is 0.271 e. The fourth-order valence-electron chi connectivity index (χ4n) is 4.36. The number of thiophene rings is 1. The first kappa shape index (κ1) is 32.3. The summed E-state index contributed by atoms with van der Waals surface area (Å²) < 4.78 is 37.6. The molecule has 1 aromatic heterocycles. The van der Waals surface area contributed by atoms with Crippen LogP contribution < -0.4 is 4.74 Å². The van der Waals surface area contributed by atoms with E-state index in [2.05, 4.69) is 93.6 Å². The quantitative estimate of drug-likeness (QED) is 0.206. The molecule has 0 saturated heterocycles. The monoisotopic (exact) mass is 586 g/mol. The van der Waals surface area contributed by atoms with Crippen molar-refractivity contribution in [2.75, 3.05) is 6.61 Å². The van der Waals surface area contributed by atoms with Crippen molar-refractivity contribution in [3.8, 4) is 5.75 Å². The van der Waals surface area contributed by atoms with Gasteiger partial charge in [0, 0.05) is 21.0 Å². The average molecular weight is 587 g/mol. The number of benzene rings is 1. The molecule has 0 aliphatic rings. The van der Waals surface area contributed by atoms with Crippen LogP contribution in [0.4, 0.5) is 0 Å². The Bertz CT molecular complexity index is 1180. The predicted molar refractivity (Wildman–Crippen MR) is 162 cm³/mol. The van der Waals surface area contributed by atoms with Crippen molar-refractivity contribution in [2.24, 2.45) is 5.41 Å². The lowest BCUT2D eigenvalue weighted by Crippen LogP contribution is -2.49. The molecule has 0 aliphatic heterocycles. The summed E-state index contributed by atoms with van der Waals surface area (Å²) in [5.41, 5.74) is 2.57. The van der Waals surface area contributed by atoms with Gasteiger partial charge in [0.25, 0.3) is 9.05 Å². The van der Waals surface area contributed by atoms with Gasteiger partial charge in [-0.1, -0.05) is 67.5 Å². The van der Waals surface area contributed by atoms with Crippen LogP contribution >= 0.6 is 22.0 Å². The molecular formula is C29H47ClO4S2Si. The molecule has 0 N–H and O–H groups in total. The number of aryl methyl sites for hydroxylation is 2. The lowest BCUT2D eigenvalue weighted by Gasteiger charge is -2.43. The molecule has 37 heavy (non-hydrogen) atoms. The zero-order valence-corrected chi connectivity index (χ0v) is 28.2. The summed E-state index contributed by atoms with van der Waals surface area (Å²) in [5, 5.41) is 0.126. The zero-order valence-electron chi connectivity index (χ0n) is 24.8. The second kappa shape index (κ2) is 11.3. The lowest BCUT2D eigenvalue weighted by atomic mass is 9.74. The van der Waals surface area contributed by atoms with Crippen LogP contribution in [-0.2, 0) is 18.9 Å². The van der Waals surface area contributed by atoms with Crippen LogP contribution in [0.3, 0.4) is 0 Å². The third kappa shape index (κ3) is 7.21. The van der Waals surface area contributed by atoms with Gasteiger partial charge in [0.2, 0.25) is 0 Å². The standard InChI is InChI=1S/C29H47ClO4S2Si/c1-13-29(14-2,25-18-21(4)26(35-25)36(30,31)32)22-15-16-23(20(3)17-22)33-19-24(27(5,6)7)34-37(11,12)28(8,9)10/h15-18,24H,13-14,19H2,1-12H3. The van der Waals surface area contributed by atoms with Gasteiger partial charge in [-0.3, -0.25) is 0 Å². The molecule has 1 heterocycles. The Kier molecular flexibility index (Phi) is 9.90. The third-order valence-corrected chi connectivity index (χ3v) is 16.2. The van der Waals surface area contributed by atoms with E-state index in [0.29, 0.717) is 12.2 Å². The zero-order chi connectivity index (χ0) is 28.6. The maximum absolute atomic E-state index is 12.1. The lowest BCUT2D eigenvalue weighted by molar-refractivity contribution is 0.0310. The predicted octanol–water partition coefficient (Wildman–Crippen LogP) is 9.21. The smallest absolute Gasteiger partial charge is 0.271 e. The van der Waals surface area contributed by atoms with Crippen LogP contribution in [0.5, 0.6) is 5.75 Å². The summed E-state index contributed by atoms with van der Waals surface area (Å²) in [6, 6.07) is 8.35. The molecule has 0 saturated carbocycles. The first-order valence-corrected chi connectivity index (χ1v) is 19.2. The normalized spacial score (nSPS) is 14.6. The van der Waals surface area contributed by atoms with Crippen LogP contribution in [0.1, 0.15) is 89.8 Å². The van der Waals surface area contributed by atoms with Crippen LogP contribution in [0.25, 0.3) is 0 Å². The van der Waals surface area contributed by atoms with Crippen LogP contribution in [0.15, 0.2) is 28.5 Å². The van der Waals surface area contributed by atoms with Crippen LogP contribution in [0, 0.1) is 19.3 Å². The van der Waals surface area contributed by atoms with E-state index in [-0.39, 0.29) is 26.2 Å². The summed E-state index contributed by atoms with van der Waals surface area (Å²) in [5.74, 6) is 0.851. The summed E-state index contributed by atoms with van der Waals surface area (Å²) in [6.45, 7) is 26.7. The van der Waals surface area contributed by atoms with Gasteiger partial charge in [-0.2, -0.15) is 0 Å². The van der Waals surface area contributed by atoms with Crippen LogP contribution in [-0.4, -0.2) is 29.4 Å². The van der Waals surface area contributed by atoms with Crippen molar-refractivity contribution in [2.45, 2.75) is 116 Å². The molecule has 0 radical (unpaired) electrons.